The summed E-state index contributed by atoms with van der Waals surface area (Å²) in [5, 5.41) is 4.15. The zero-order chi connectivity index (χ0) is 20.1. The number of fused-ring (bicyclic) bond motifs is 1. The summed E-state index contributed by atoms with van der Waals surface area (Å²) in [5.74, 6) is 0.787. The highest BCUT2D eigenvalue weighted by atomic mass is 16.5. The molecule has 1 fully saturated rings. The third-order valence-corrected chi connectivity index (χ3v) is 5.97. The molecule has 0 aromatic carbocycles. The Morgan fingerprint density at radius 1 is 1.25 bits per heavy atom. The molecule has 0 unspecified atom stereocenters. The zero-order valence-electron chi connectivity index (χ0n) is 17.2. The van der Waals surface area contributed by atoms with Crippen molar-refractivity contribution in [2.45, 2.75) is 64.8 Å². The van der Waals surface area contributed by atoms with Crippen LogP contribution in [0, 0.1) is 5.92 Å². The highest BCUT2D eigenvalue weighted by Gasteiger charge is 2.20. The maximum absolute atomic E-state index is 13.1. The molecule has 0 radical (unpaired) electrons. The Kier molecular flexibility index (Phi) is 6.70. The summed E-state index contributed by atoms with van der Waals surface area (Å²) in [5.41, 5.74) is 0.403. The van der Waals surface area contributed by atoms with Gasteiger partial charge in [-0.2, -0.15) is 0 Å². The van der Waals surface area contributed by atoms with Crippen molar-refractivity contribution in [3.8, 4) is 5.88 Å². The van der Waals surface area contributed by atoms with Crippen molar-refractivity contribution < 1.29 is 9.53 Å². The van der Waals surface area contributed by atoms with Crippen molar-refractivity contribution in [2.24, 2.45) is 5.92 Å². The number of amides is 1. The molecule has 2 aromatic rings. The Morgan fingerprint density at radius 2 is 1.96 bits per heavy atom. The lowest BCUT2D eigenvalue weighted by molar-refractivity contribution is 0.0944. The molecule has 1 saturated carbocycles. The SMILES string of the molecule is CCC(CC)n1cc(C(=O)NCC2CCCCC2)c2cnc(OC)cc2c1=O. The fraction of sp³-hybridized carbons (Fsp3) is 0.591. The van der Waals surface area contributed by atoms with E-state index in [0.717, 1.165) is 12.8 Å². The van der Waals surface area contributed by atoms with E-state index in [-0.39, 0.29) is 17.5 Å². The van der Waals surface area contributed by atoms with Crippen molar-refractivity contribution in [2.75, 3.05) is 13.7 Å². The molecule has 1 N–H and O–H groups in total. The average molecular weight is 386 g/mol. The normalized spacial score (nSPS) is 15.1. The van der Waals surface area contributed by atoms with Crippen LogP contribution in [0.2, 0.25) is 0 Å². The minimum Gasteiger partial charge on any atom is -0.481 e. The largest absolute Gasteiger partial charge is 0.481 e. The Bertz CT molecular complexity index is 880. The van der Waals surface area contributed by atoms with Crippen molar-refractivity contribution in [1.82, 2.24) is 14.9 Å². The van der Waals surface area contributed by atoms with Gasteiger partial charge in [0.05, 0.1) is 18.1 Å². The molecule has 28 heavy (non-hydrogen) atoms. The molecular weight excluding hydrogens is 354 g/mol. The first-order valence-electron chi connectivity index (χ1n) is 10.5. The molecule has 2 aromatic heterocycles. The number of nitrogens with zero attached hydrogens (tertiary/aromatic N) is 2. The summed E-state index contributed by atoms with van der Waals surface area (Å²) in [4.78, 5) is 30.3. The number of carbonyl (C=O) groups excluding carboxylic acids is 1. The van der Waals surface area contributed by atoms with Gasteiger partial charge in [-0.1, -0.05) is 33.1 Å². The van der Waals surface area contributed by atoms with Crippen LogP contribution in [-0.4, -0.2) is 29.1 Å². The minimum atomic E-state index is -0.137. The van der Waals surface area contributed by atoms with Crippen LogP contribution in [0.25, 0.3) is 10.8 Å². The molecule has 0 atom stereocenters. The van der Waals surface area contributed by atoms with Gasteiger partial charge in [-0.3, -0.25) is 9.59 Å². The molecule has 0 bridgehead atoms. The Morgan fingerprint density at radius 3 is 2.61 bits per heavy atom. The summed E-state index contributed by atoms with van der Waals surface area (Å²) in [7, 11) is 1.52. The van der Waals surface area contributed by atoms with E-state index in [1.807, 2.05) is 0 Å². The van der Waals surface area contributed by atoms with E-state index in [1.165, 1.54) is 39.2 Å². The lowest BCUT2D eigenvalue weighted by Crippen LogP contribution is -2.32. The van der Waals surface area contributed by atoms with Crippen molar-refractivity contribution in [3.63, 3.8) is 0 Å². The summed E-state index contributed by atoms with van der Waals surface area (Å²) in [6, 6.07) is 1.69. The fourth-order valence-electron chi connectivity index (χ4n) is 4.20. The highest BCUT2D eigenvalue weighted by Crippen LogP contribution is 2.24. The number of hydrogen-bond acceptors (Lipinski definition) is 4. The summed E-state index contributed by atoms with van der Waals surface area (Å²) >= 11 is 0. The zero-order valence-corrected chi connectivity index (χ0v) is 17.2. The molecule has 0 aliphatic heterocycles. The van der Waals surface area contributed by atoms with Crippen LogP contribution >= 0.6 is 0 Å². The van der Waals surface area contributed by atoms with Crippen LogP contribution in [0.3, 0.4) is 0 Å². The van der Waals surface area contributed by atoms with Crippen molar-refractivity contribution in [1.29, 1.82) is 0 Å². The predicted molar refractivity (Wildman–Crippen MR) is 111 cm³/mol. The average Bonchev–Trinajstić information content (AvgIpc) is 2.74. The van der Waals surface area contributed by atoms with Gasteiger partial charge in [-0.05, 0) is 31.6 Å². The second kappa shape index (κ2) is 9.22. The minimum absolute atomic E-state index is 0.0564. The number of aromatic nitrogens is 2. The van der Waals surface area contributed by atoms with Gasteiger partial charge in [0.25, 0.3) is 11.5 Å². The van der Waals surface area contributed by atoms with E-state index in [4.69, 9.17) is 4.74 Å². The van der Waals surface area contributed by atoms with E-state index in [1.54, 1.807) is 23.0 Å². The van der Waals surface area contributed by atoms with Crippen LogP contribution in [0.5, 0.6) is 5.88 Å². The number of carbonyl (C=O) groups is 1. The molecule has 152 valence electrons. The Balaban J connectivity index is 2.00. The van der Waals surface area contributed by atoms with Crippen molar-refractivity contribution in [3.05, 3.63) is 34.4 Å². The first kappa shape index (κ1) is 20.4. The molecule has 1 amide bonds. The molecular formula is C22H31N3O3. The second-order valence-electron chi connectivity index (χ2n) is 7.71. The van der Waals surface area contributed by atoms with Gasteiger partial charge in [0.15, 0.2) is 0 Å². The smallest absolute Gasteiger partial charge is 0.258 e. The van der Waals surface area contributed by atoms with Crippen LogP contribution < -0.4 is 15.6 Å². The second-order valence-corrected chi connectivity index (χ2v) is 7.71. The molecule has 1 aliphatic carbocycles. The summed E-state index contributed by atoms with van der Waals surface area (Å²) in [6.45, 7) is 4.80. The highest BCUT2D eigenvalue weighted by molar-refractivity contribution is 6.06. The Hall–Kier alpha value is -2.37. The monoisotopic (exact) mass is 385 g/mol. The first-order chi connectivity index (χ1) is 13.6. The van der Waals surface area contributed by atoms with Gasteiger partial charge < -0.3 is 14.6 Å². The molecule has 6 nitrogen and oxygen atoms in total. The maximum Gasteiger partial charge on any atom is 0.258 e. The van der Waals surface area contributed by atoms with Crippen LogP contribution in [0.1, 0.15) is 75.2 Å². The standard InChI is InChI=1S/C22H31N3O3/c1-4-16(5-2)25-14-19(21(26)24-12-15-9-7-6-8-10-15)18-13-23-20(28-3)11-17(18)22(25)27/h11,13-16H,4-10,12H2,1-3H3,(H,24,26). The molecule has 3 rings (SSSR count). The fourth-order valence-corrected chi connectivity index (χ4v) is 4.20. The van der Waals surface area contributed by atoms with E-state index >= 15 is 0 Å². The maximum atomic E-state index is 13.1. The third kappa shape index (κ3) is 4.21. The van der Waals surface area contributed by atoms with E-state index < -0.39 is 0 Å². The van der Waals surface area contributed by atoms with E-state index in [2.05, 4.69) is 24.1 Å². The van der Waals surface area contributed by atoms with Crippen LogP contribution in [0.15, 0.2) is 23.3 Å². The number of rotatable bonds is 7. The first-order valence-corrected chi connectivity index (χ1v) is 10.5. The number of nitrogens with one attached hydrogen (secondary N) is 1. The van der Waals surface area contributed by atoms with E-state index in [0.29, 0.717) is 34.7 Å². The molecule has 0 saturated heterocycles. The van der Waals surface area contributed by atoms with Gasteiger partial charge in [0, 0.05) is 36.4 Å². The van der Waals surface area contributed by atoms with Gasteiger partial charge in [0.1, 0.15) is 0 Å². The van der Waals surface area contributed by atoms with Gasteiger partial charge in [0.2, 0.25) is 5.88 Å². The topological polar surface area (TPSA) is 73.2 Å². The summed E-state index contributed by atoms with van der Waals surface area (Å²) in [6.07, 6.45) is 11.1. The molecule has 2 heterocycles. The predicted octanol–water partition coefficient (Wildman–Crippen LogP) is 4.08. The molecule has 6 heteroatoms. The van der Waals surface area contributed by atoms with Gasteiger partial charge in [-0.25, -0.2) is 4.98 Å². The van der Waals surface area contributed by atoms with Gasteiger partial charge in [-0.15, -0.1) is 0 Å². The molecule has 1 aliphatic rings. The summed E-state index contributed by atoms with van der Waals surface area (Å²) < 4.78 is 6.90. The number of methoxy groups -OCH3 is 1. The lowest BCUT2D eigenvalue weighted by Gasteiger charge is -2.22. The molecule has 0 spiro atoms. The van der Waals surface area contributed by atoms with Crippen molar-refractivity contribution >= 4 is 16.7 Å². The Labute approximate surface area is 166 Å². The van der Waals surface area contributed by atoms with Gasteiger partial charge >= 0.3 is 0 Å². The number of ether oxygens (including phenoxy) is 1. The van der Waals surface area contributed by atoms with Crippen LogP contribution in [0.4, 0.5) is 0 Å². The third-order valence-electron chi connectivity index (χ3n) is 5.97. The quantitative estimate of drug-likeness (QED) is 0.779. The lowest BCUT2D eigenvalue weighted by atomic mass is 9.89. The van der Waals surface area contributed by atoms with E-state index in [9.17, 15) is 9.59 Å². The van der Waals surface area contributed by atoms with Crippen LogP contribution in [-0.2, 0) is 0 Å². The number of pyridine rings is 2. The number of hydrogen-bond donors (Lipinski definition) is 1.